The number of ether oxygens (including phenoxy) is 1. The molecule has 0 saturated carbocycles. The molecule has 0 spiro atoms. The van der Waals surface area contributed by atoms with E-state index in [4.69, 9.17) is 4.74 Å². The number of aryl methyl sites for hydroxylation is 2. The standard InChI is InChI=1S/C16H17BrO/c1-4-18-16-11(2)8-14(9-12(16)3)13-6-5-7-15(17)10-13/h5-10H,4H2,1-3H3. The zero-order valence-corrected chi connectivity index (χ0v) is 12.5. The lowest BCUT2D eigenvalue weighted by atomic mass is 10.00. The van der Waals surface area contributed by atoms with Crippen LogP contribution >= 0.6 is 15.9 Å². The third-order valence-corrected chi connectivity index (χ3v) is 3.40. The molecule has 0 amide bonds. The van der Waals surface area contributed by atoms with Gasteiger partial charge >= 0.3 is 0 Å². The van der Waals surface area contributed by atoms with Gasteiger partial charge in [0.05, 0.1) is 6.61 Å². The lowest BCUT2D eigenvalue weighted by Gasteiger charge is -2.13. The zero-order chi connectivity index (χ0) is 13.1. The fourth-order valence-electron chi connectivity index (χ4n) is 2.16. The first-order valence-corrected chi connectivity index (χ1v) is 6.91. The molecule has 0 radical (unpaired) electrons. The van der Waals surface area contributed by atoms with Crippen LogP contribution in [0.25, 0.3) is 11.1 Å². The second-order valence-corrected chi connectivity index (χ2v) is 5.30. The van der Waals surface area contributed by atoms with Crippen molar-refractivity contribution in [2.24, 2.45) is 0 Å². The largest absolute Gasteiger partial charge is 0.493 e. The Labute approximate surface area is 117 Å². The van der Waals surface area contributed by atoms with Crippen LogP contribution in [-0.4, -0.2) is 6.61 Å². The van der Waals surface area contributed by atoms with Gasteiger partial charge in [0, 0.05) is 4.47 Å². The van der Waals surface area contributed by atoms with E-state index in [0.717, 1.165) is 10.2 Å². The molecule has 18 heavy (non-hydrogen) atoms. The summed E-state index contributed by atoms with van der Waals surface area (Å²) in [4.78, 5) is 0. The Morgan fingerprint density at radius 2 is 1.67 bits per heavy atom. The number of halogens is 1. The second kappa shape index (κ2) is 5.57. The van der Waals surface area contributed by atoms with Crippen LogP contribution in [0.5, 0.6) is 5.75 Å². The molecule has 0 aliphatic carbocycles. The van der Waals surface area contributed by atoms with Gasteiger partial charge in [-0.05, 0) is 67.3 Å². The molecule has 2 heteroatoms. The van der Waals surface area contributed by atoms with Gasteiger partial charge in [-0.25, -0.2) is 0 Å². The van der Waals surface area contributed by atoms with Crippen LogP contribution in [0.2, 0.25) is 0 Å². The first kappa shape index (κ1) is 13.2. The average molecular weight is 305 g/mol. The maximum Gasteiger partial charge on any atom is 0.125 e. The molecule has 0 saturated heterocycles. The van der Waals surface area contributed by atoms with E-state index in [2.05, 4.69) is 60.1 Å². The summed E-state index contributed by atoms with van der Waals surface area (Å²) in [6.45, 7) is 6.91. The van der Waals surface area contributed by atoms with Gasteiger partial charge in [-0.1, -0.05) is 28.1 Å². The van der Waals surface area contributed by atoms with E-state index in [9.17, 15) is 0 Å². The second-order valence-electron chi connectivity index (χ2n) is 4.38. The van der Waals surface area contributed by atoms with E-state index < -0.39 is 0 Å². The molecular formula is C16H17BrO. The predicted octanol–water partition coefficient (Wildman–Crippen LogP) is 5.13. The zero-order valence-electron chi connectivity index (χ0n) is 11.0. The van der Waals surface area contributed by atoms with Gasteiger partial charge in [0.25, 0.3) is 0 Å². The number of hydrogen-bond donors (Lipinski definition) is 0. The normalized spacial score (nSPS) is 10.4. The lowest BCUT2D eigenvalue weighted by molar-refractivity contribution is 0.335. The molecule has 2 rings (SSSR count). The minimum atomic E-state index is 0.706. The van der Waals surface area contributed by atoms with Crippen LogP contribution in [0, 0.1) is 13.8 Å². The van der Waals surface area contributed by atoms with E-state index in [1.165, 1.54) is 22.3 Å². The topological polar surface area (TPSA) is 9.23 Å². The summed E-state index contributed by atoms with van der Waals surface area (Å²) in [6.07, 6.45) is 0. The fraction of sp³-hybridized carbons (Fsp3) is 0.250. The van der Waals surface area contributed by atoms with Crippen LogP contribution in [-0.2, 0) is 0 Å². The Bertz CT molecular complexity index is 538. The molecule has 0 unspecified atom stereocenters. The lowest BCUT2D eigenvalue weighted by Crippen LogP contribution is -1.97. The van der Waals surface area contributed by atoms with Gasteiger partial charge in [-0.2, -0.15) is 0 Å². The van der Waals surface area contributed by atoms with E-state index in [1.807, 2.05) is 13.0 Å². The van der Waals surface area contributed by atoms with Crippen molar-refractivity contribution in [2.45, 2.75) is 20.8 Å². The molecular weight excluding hydrogens is 288 g/mol. The third kappa shape index (κ3) is 2.75. The Morgan fingerprint density at radius 1 is 1.00 bits per heavy atom. The van der Waals surface area contributed by atoms with Crippen molar-refractivity contribution >= 4 is 15.9 Å². The first-order valence-electron chi connectivity index (χ1n) is 6.11. The van der Waals surface area contributed by atoms with Crippen LogP contribution in [0.1, 0.15) is 18.1 Å². The summed E-state index contributed by atoms with van der Waals surface area (Å²) in [7, 11) is 0. The molecule has 94 valence electrons. The van der Waals surface area contributed by atoms with Crippen molar-refractivity contribution < 1.29 is 4.74 Å². The predicted molar refractivity (Wildman–Crippen MR) is 80.2 cm³/mol. The highest BCUT2D eigenvalue weighted by molar-refractivity contribution is 9.10. The summed E-state index contributed by atoms with van der Waals surface area (Å²) in [5, 5.41) is 0. The van der Waals surface area contributed by atoms with Crippen LogP contribution in [0.15, 0.2) is 40.9 Å². The Kier molecular flexibility index (Phi) is 4.07. The maximum atomic E-state index is 5.67. The molecule has 2 aromatic rings. The minimum Gasteiger partial charge on any atom is -0.493 e. The Hall–Kier alpha value is -1.28. The Balaban J connectivity index is 2.48. The summed E-state index contributed by atoms with van der Waals surface area (Å²) < 4.78 is 6.77. The molecule has 0 atom stereocenters. The first-order chi connectivity index (χ1) is 8.61. The molecule has 0 aromatic heterocycles. The molecule has 0 heterocycles. The van der Waals surface area contributed by atoms with Crippen molar-refractivity contribution in [3.63, 3.8) is 0 Å². The monoisotopic (exact) mass is 304 g/mol. The maximum absolute atomic E-state index is 5.67. The summed E-state index contributed by atoms with van der Waals surface area (Å²) in [5.41, 5.74) is 4.83. The highest BCUT2D eigenvalue weighted by atomic mass is 79.9. The van der Waals surface area contributed by atoms with Crippen molar-refractivity contribution in [1.82, 2.24) is 0 Å². The van der Waals surface area contributed by atoms with Crippen molar-refractivity contribution in [2.75, 3.05) is 6.61 Å². The van der Waals surface area contributed by atoms with Crippen LogP contribution in [0.4, 0.5) is 0 Å². The van der Waals surface area contributed by atoms with Crippen LogP contribution < -0.4 is 4.74 Å². The number of rotatable bonds is 3. The average Bonchev–Trinajstić information content (AvgIpc) is 2.33. The van der Waals surface area contributed by atoms with Crippen molar-refractivity contribution in [3.05, 3.63) is 52.0 Å². The van der Waals surface area contributed by atoms with E-state index in [0.29, 0.717) is 6.61 Å². The molecule has 0 bridgehead atoms. The fourth-order valence-corrected chi connectivity index (χ4v) is 2.56. The molecule has 0 aliphatic heterocycles. The third-order valence-electron chi connectivity index (χ3n) is 2.91. The van der Waals surface area contributed by atoms with Gasteiger partial charge in [0.2, 0.25) is 0 Å². The molecule has 0 fully saturated rings. The number of benzene rings is 2. The van der Waals surface area contributed by atoms with Crippen molar-refractivity contribution in [3.8, 4) is 16.9 Å². The quantitative estimate of drug-likeness (QED) is 0.763. The van der Waals surface area contributed by atoms with E-state index >= 15 is 0 Å². The van der Waals surface area contributed by atoms with Crippen LogP contribution in [0.3, 0.4) is 0 Å². The smallest absolute Gasteiger partial charge is 0.125 e. The Morgan fingerprint density at radius 3 is 2.22 bits per heavy atom. The molecule has 0 aliphatic rings. The van der Waals surface area contributed by atoms with E-state index in [1.54, 1.807) is 0 Å². The molecule has 1 nitrogen and oxygen atoms in total. The molecule has 0 N–H and O–H groups in total. The summed E-state index contributed by atoms with van der Waals surface area (Å²) in [6, 6.07) is 12.7. The summed E-state index contributed by atoms with van der Waals surface area (Å²) >= 11 is 3.51. The summed E-state index contributed by atoms with van der Waals surface area (Å²) in [5.74, 6) is 1.01. The van der Waals surface area contributed by atoms with E-state index in [-0.39, 0.29) is 0 Å². The number of hydrogen-bond acceptors (Lipinski definition) is 1. The van der Waals surface area contributed by atoms with Gasteiger partial charge in [0.1, 0.15) is 5.75 Å². The minimum absolute atomic E-state index is 0.706. The van der Waals surface area contributed by atoms with Gasteiger partial charge in [0.15, 0.2) is 0 Å². The van der Waals surface area contributed by atoms with Gasteiger partial charge in [-0.3, -0.25) is 0 Å². The highest BCUT2D eigenvalue weighted by Gasteiger charge is 2.07. The SMILES string of the molecule is CCOc1c(C)cc(-c2cccc(Br)c2)cc1C. The molecule has 2 aromatic carbocycles. The van der Waals surface area contributed by atoms with Gasteiger partial charge < -0.3 is 4.74 Å². The van der Waals surface area contributed by atoms with Gasteiger partial charge in [-0.15, -0.1) is 0 Å². The van der Waals surface area contributed by atoms with Crippen molar-refractivity contribution in [1.29, 1.82) is 0 Å². The highest BCUT2D eigenvalue weighted by Crippen LogP contribution is 2.31.